The van der Waals surface area contributed by atoms with Crippen LogP contribution >= 0.6 is 23.4 Å². The lowest BCUT2D eigenvalue weighted by atomic mass is 10.1. The fraction of sp³-hybridized carbons (Fsp3) is 0.500. The molecule has 1 aromatic carbocycles. The molecule has 4 heteroatoms. The van der Waals surface area contributed by atoms with Crippen molar-refractivity contribution in [2.24, 2.45) is 0 Å². The molecule has 2 rings (SSSR count). The third kappa shape index (κ3) is 3.92. The van der Waals surface area contributed by atoms with Crippen LogP contribution in [0.3, 0.4) is 0 Å². The highest BCUT2D eigenvalue weighted by Crippen LogP contribution is 2.21. The van der Waals surface area contributed by atoms with Crippen LogP contribution in [-0.2, 0) is 10.5 Å². The Balaban J connectivity index is 1.75. The molecule has 1 fully saturated rings. The fourth-order valence-electron chi connectivity index (χ4n) is 2.10. The van der Waals surface area contributed by atoms with E-state index in [1.165, 1.54) is 6.42 Å². The molecule has 1 saturated heterocycles. The largest absolute Gasteiger partial charge is 0.342 e. The Morgan fingerprint density at radius 1 is 1.22 bits per heavy atom. The van der Waals surface area contributed by atoms with Gasteiger partial charge in [-0.1, -0.05) is 29.8 Å². The van der Waals surface area contributed by atoms with Gasteiger partial charge in [-0.25, -0.2) is 0 Å². The van der Waals surface area contributed by atoms with Gasteiger partial charge in [0.1, 0.15) is 0 Å². The lowest BCUT2D eigenvalue weighted by Crippen LogP contribution is -2.36. The van der Waals surface area contributed by atoms with E-state index in [4.69, 9.17) is 11.6 Å². The lowest BCUT2D eigenvalue weighted by molar-refractivity contribution is -0.129. The maximum absolute atomic E-state index is 11.9. The van der Waals surface area contributed by atoms with Gasteiger partial charge < -0.3 is 4.90 Å². The second-order valence-electron chi connectivity index (χ2n) is 4.53. The number of piperidine rings is 1. The van der Waals surface area contributed by atoms with Gasteiger partial charge in [-0.05, 0) is 30.9 Å². The molecule has 0 N–H and O–H groups in total. The van der Waals surface area contributed by atoms with E-state index in [0.717, 1.165) is 42.3 Å². The van der Waals surface area contributed by atoms with Crippen molar-refractivity contribution in [3.05, 3.63) is 34.9 Å². The average Bonchev–Trinajstić information content (AvgIpc) is 2.42. The SMILES string of the molecule is O=C(CSCc1ccccc1Cl)N1CCCCC1. The van der Waals surface area contributed by atoms with Gasteiger partial charge in [0, 0.05) is 23.9 Å². The quantitative estimate of drug-likeness (QED) is 0.842. The number of halogens is 1. The number of amides is 1. The van der Waals surface area contributed by atoms with Crippen LogP contribution in [0.25, 0.3) is 0 Å². The Kier molecular flexibility index (Phi) is 5.39. The predicted molar refractivity (Wildman–Crippen MR) is 78.0 cm³/mol. The average molecular weight is 284 g/mol. The Morgan fingerprint density at radius 3 is 2.67 bits per heavy atom. The number of carbonyl (C=O) groups is 1. The first-order valence-corrected chi connectivity index (χ1v) is 7.89. The number of benzene rings is 1. The topological polar surface area (TPSA) is 20.3 Å². The van der Waals surface area contributed by atoms with Gasteiger partial charge in [-0.15, -0.1) is 11.8 Å². The first-order valence-electron chi connectivity index (χ1n) is 6.36. The van der Waals surface area contributed by atoms with E-state index in [1.807, 2.05) is 29.2 Å². The minimum absolute atomic E-state index is 0.270. The van der Waals surface area contributed by atoms with Crippen molar-refractivity contribution in [3.63, 3.8) is 0 Å². The number of hydrogen-bond donors (Lipinski definition) is 0. The van der Waals surface area contributed by atoms with Gasteiger partial charge in [0.05, 0.1) is 5.75 Å². The Hall–Kier alpha value is -0.670. The number of thioether (sulfide) groups is 1. The number of hydrogen-bond acceptors (Lipinski definition) is 2. The highest BCUT2D eigenvalue weighted by Gasteiger charge is 2.16. The van der Waals surface area contributed by atoms with Gasteiger partial charge in [-0.3, -0.25) is 4.79 Å². The maximum Gasteiger partial charge on any atom is 0.232 e. The van der Waals surface area contributed by atoms with Crippen molar-refractivity contribution in [1.82, 2.24) is 4.90 Å². The summed E-state index contributed by atoms with van der Waals surface area (Å²) < 4.78 is 0. The van der Waals surface area contributed by atoms with Crippen molar-refractivity contribution in [1.29, 1.82) is 0 Å². The van der Waals surface area contributed by atoms with E-state index in [-0.39, 0.29) is 5.91 Å². The molecule has 1 aliphatic rings. The number of likely N-dealkylation sites (tertiary alicyclic amines) is 1. The van der Waals surface area contributed by atoms with Crippen LogP contribution in [0, 0.1) is 0 Å². The summed E-state index contributed by atoms with van der Waals surface area (Å²) in [5, 5.41) is 0.787. The summed E-state index contributed by atoms with van der Waals surface area (Å²) in [6.45, 7) is 1.87. The monoisotopic (exact) mass is 283 g/mol. The van der Waals surface area contributed by atoms with Crippen LogP contribution < -0.4 is 0 Å². The van der Waals surface area contributed by atoms with E-state index >= 15 is 0 Å². The standard InChI is InChI=1S/C14H18ClNOS/c15-13-7-3-2-6-12(13)10-18-11-14(17)16-8-4-1-5-9-16/h2-3,6-7H,1,4-5,8-11H2. The summed E-state index contributed by atoms with van der Waals surface area (Å²) in [7, 11) is 0. The van der Waals surface area contributed by atoms with Gasteiger partial charge in [-0.2, -0.15) is 0 Å². The van der Waals surface area contributed by atoms with Crippen LogP contribution in [0.1, 0.15) is 24.8 Å². The molecule has 0 atom stereocenters. The first kappa shape index (κ1) is 13.8. The zero-order valence-electron chi connectivity index (χ0n) is 10.4. The van der Waals surface area contributed by atoms with Crippen molar-refractivity contribution in [2.45, 2.75) is 25.0 Å². The second kappa shape index (κ2) is 7.05. The minimum Gasteiger partial charge on any atom is -0.342 e. The fourth-order valence-corrected chi connectivity index (χ4v) is 3.31. The molecule has 1 amide bonds. The molecule has 0 spiro atoms. The lowest BCUT2D eigenvalue weighted by Gasteiger charge is -2.26. The summed E-state index contributed by atoms with van der Waals surface area (Å²) in [6, 6.07) is 7.81. The highest BCUT2D eigenvalue weighted by atomic mass is 35.5. The zero-order valence-corrected chi connectivity index (χ0v) is 12.0. The molecule has 0 unspecified atom stereocenters. The van der Waals surface area contributed by atoms with E-state index in [2.05, 4.69) is 0 Å². The predicted octanol–water partition coefficient (Wildman–Crippen LogP) is 3.59. The summed E-state index contributed by atoms with van der Waals surface area (Å²) in [6.07, 6.45) is 3.57. The molecule has 0 radical (unpaired) electrons. The highest BCUT2D eigenvalue weighted by molar-refractivity contribution is 7.99. The number of rotatable bonds is 4. The van der Waals surface area contributed by atoms with Crippen molar-refractivity contribution in [3.8, 4) is 0 Å². The molecule has 18 heavy (non-hydrogen) atoms. The van der Waals surface area contributed by atoms with E-state index in [1.54, 1.807) is 11.8 Å². The molecular formula is C14H18ClNOS. The smallest absolute Gasteiger partial charge is 0.232 e. The van der Waals surface area contributed by atoms with Crippen LogP contribution in [0.15, 0.2) is 24.3 Å². The van der Waals surface area contributed by atoms with Crippen molar-refractivity contribution >= 4 is 29.3 Å². The molecule has 1 aromatic rings. The molecule has 1 aliphatic heterocycles. The molecule has 0 bridgehead atoms. The minimum atomic E-state index is 0.270. The molecule has 98 valence electrons. The van der Waals surface area contributed by atoms with Crippen LogP contribution in [-0.4, -0.2) is 29.6 Å². The van der Waals surface area contributed by atoms with Crippen LogP contribution in [0.4, 0.5) is 0 Å². The van der Waals surface area contributed by atoms with Gasteiger partial charge in [0.2, 0.25) is 5.91 Å². The summed E-state index contributed by atoms with van der Waals surface area (Å²) in [5.41, 5.74) is 1.11. The van der Waals surface area contributed by atoms with E-state index in [0.29, 0.717) is 5.75 Å². The normalized spacial score (nSPS) is 15.7. The van der Waals surface area contributed by atoms with Crippen molar-refractivity contribution < 1.29 is 4.79 Å². The van der Waals surface area contributed by atoms with E-state index in [9.17, 15) is 4.79 Å². The molecule has 2 nitrogen and oxygen atoms in total. The maximum atomic E-state index is 11.9. The van der Waals surface area contributed by atoms with Crippen LogP contribution in [0.2, 0.25) is 5.02 Å². The summed E-state index contributed by atoms with van der Waals surface area (Å²) in [4.78, 5) is 13.9. The summed E-state index contributed by atoms with van der Waals surface area (Å²) in [5.74, 6) is 1.64. The molecule has 0 saturated carbocycles. The van der Waals surface area contributed by atoms with Gasteiger partial charge in [0.25, 0.3) is 0 Å². The van der Waals surface area contributed by atoms with Crippen LogP contribution in [0.5, 0.6) is 0 Å². The Bertz CT molecular complexity index is 405. The Morgan fingerprint density at radius 2 is 1.94 bits per heavy atom. The second-order valence-corrected chi connectivity index (χ2v) is 5.92. The third-order valence-electron chi connectivity index (χ3n) is 3.15. The number of carbonyl (C=O) groups excluding carboxylic acids is 1. The first-order chi connectivity index (χ1) is 8.77. The van der Waals surface area contributed by atoms with Gasteiger partial charge >= 0.3 is 0 Å². The van der Waals surface area contributed by atoms with E-state index < -0.39 is 0 Å². The molecule has 0 aliphatic carbocycles. The van der Waals surface area contributed by atoms with Crippen molar-refractivity contribution in [2.75, 3.05) is 18.8 Å². The summed E-state index contributed by atoms with van der Waals surface area (Å²) >= 11 is 7.73. The van der Waals surface area contributed by atoms with Gasteiger partial charge in [0.15, 0.2) is 0 Å². The third-order valence-corrected chi connectivity index (χ3v) is 4.48. The molecule has 0 aromatic heterocycles. The molecule has 1 heterocycles. The number of nitrogens with zero attached hydrogens (tertiary/aromatic N) is 1. The Labute approximate surface area is 118 Å². The zero-order chi connectivity index (χ0) is 12.8. The molecular weight excluding hydrogens is 266 g/mol.